The average molecular weight is 174 g/mol. The number of methoxy groups -OCH3 is 1. The molecule has 0 unspecified atom stereocenters. The first-order chi connectivity index (χ1) is 5.57. The molecule has 0 saturated carbocycles. The van der Waals surface area contributed by atoms with E-state index in [0.717, 1.165) is 6.07 Å². The normalized spacial score (nSPS) is 9.92. The topological polar surface area (TPSA) is 61.3 Å². The number of halogens is 2. The minimum Gasteiger partial charge on any atom is -0.494 e. The fraction of sp³-hybridized carbons (Fsp3) is 0.143. The highest BCUT2D eigenvalue weighted by molar-refractivity contribution is 5.62. The summed E-state index contributed by atoms with van der Waals surface area (Å²) in [6.45, 7) is 0. The van der Waals surface area contributed by atoms with Crippen molar-refractivity contribution in [3.63, 3.8) is 0 Å². The van der Waals surface area contributed by atoms with E-state index in [4.69, 9.17) is 11.5 Å². The molecular formula is C7H8F2N2O. The number of anilines is 2. The van der Waals surface area contributed by atoms with Crippen LogP contribution < -0.4 is 16.2 Å². The molecule has 66 valence electrons. The number of nitrogen functional groups attached to an aromatic ring is 2. The summed E-state index contributed by atoms with van der Waals surface area (Å²) in [7, 11) is 1.26. The van der Waals surface area contributed by atoms with Gasteiger partial charge in [-0.3, -0.25) is 0 Å². The Hall–Kier alpha value is -1.52. The Balaban J connectivity index is 3.39. The van der Waals surface area contributed by atoms with Crippen molar-refractivity contribution in [2.45, 2.75) is 0 Å². The molecule has 0 atom stereocenters. The van der Waals surface area contributed by atoms with Gasteiger partial charge in [-0.25, -0.2) is 8.78 Å². The van der Waals surface area contributed by atoms with Crippen LogP contribution >= 0.6 is 0 Å². The first kappa shape index (κ1) is 8.58. The van der Waals surface area contributed by atoms with Gasteiger partial charge in [0.1, 0.15) is 17.1 Å². The van der Waals surface area contributed by atoms with Gasteiger partial charge in [0, 0.05) is 6.07 Å². The maximum absolute atomic E-state index is 12.9. The molecular weight excluding hydrogens is 166 g/mol. The average Bonchev–Trinajstić information content (AvgIpc) is 2.08. The molecule has 12 heavy (non-hydrogen) atoms. The van der Waals surface area contributed by atoms with Crippen LogP contribution in [0.2, 0.25) is 0 Å². The second kappa shape index (κ2) is 2.84. The third-order valence-corrected chi connectivity index (χ3v) is 1.47. The quantitative estimate of drug-likeness (QED) is 0.627. The Morgan fingerprint density at radius 1 is 1.25 bits per heavy atom. The fourth-order valence-corrected chi connectivity index (χ4v) is 0.798. The molecule has 0 aliphatic carbocycles. The van der Waals surface area contributed by atoms with Crippen molar-refractivity contribution in [2.24, 2.45) is 0 Å². The molecule has 0 aliphatic rings. The van der Waals surface area contributed by atoms with E-state index in [1.54, 1.807) is 0 Å². The Kier molecular flexibility index (Phi) is 2.03. The van der Waals surface area contributed by atoms with Crippen LogP contribution in [0.3, 0.4) is 0 Å². The number of rotatable bonds is 1. The largest absolute Gasteiger partial charge is 0.494 e. The highest BCUT2D eigenvalue weighted by Crippen LogP contribution is 2.30. The zero-order valence-corrected chi connectivity index (χ0v) is 6.40. The molecule has 0 spiro atoms. The monoisotopic (exact) mass is 174 g/mol. The van der Waals surface area contributed by atoms with Crippen LogP contribution in [0.5, 0.6) is 5.75 Å². The molecule has 4 N–H and O–H groups in total. The summed E-state index contributed by atoms with van der Waals surface area (Å²) < 4.78 is 30.2. The number of ether oxygens (including phenoxy) is 1. The lowest BCUT2D eigenvalue weighted by molar-refractivity contribution is 0.410. The Bertz CT molecular complexity index is 315. The van der Waals surface area contributed by atoms with Gasteiger partial charge in [0.05, 0.1) is 7.11 Å². The zero-order valence-electron chi connectivity index (χ0n) is 6.40. The highest BCUT2D eigenvalue weighted by Gasteiger charge is 2.13. The highest BCUT2D eigenvalue weighted by atomic mass is 19.1. The van der Waals surface area contributed by atoms with E-state index in [9.17, 15) is 8.78 Å². The van der Waals surface area contributed by atoms with Gasteiger partial charge in [0.25, 0.3) is 0 Å². The van der Waals surface area contributed by atoms with Gasteiger partial charge in [-0.05, 0) is 0 Å². The van der Waals surface area contributed by atoms with Crippen molar-refractivity contribution in [3.05, 3.63) is 17.7 Å². The van der Waals surface area contributed by atoms with E-state index in [1.807, 2.05) is 0 Å². The van der Waals surface area contributed by atoms with Gasteiger partial charge in [-0.15, -0.1) is 0 Å². The van der Waals surface area contributed by atoms with Crippen molar-refractivity contribution in [3.8, 4) is 5.75 Å². The molecule has 0 amide bonds. The number of nitrogens with two attached hydrogens (primary N) is 2. The van der Waals surface area contributed by atoms with Crippen LogP contribution in [0, 0.1) is 11.6 Å². The summed E-state index contributed by atoms with van der Waals surface area (Å²) in [5, 5.41) is 0. The summed E-state index contributed by atoms with van der Waals surface area (Å²) in [5.41, 5.74) is 9.37. The molecule has 1 rings (SSSR count). The molecule has 0 heterocycles. The van der Waals surface area contributed by atoms with Gasteiger partial charge in [-0.2, -0.15) is 0 Å². The molecule has 1 aromatic rings. The zero-order chi connectivity index (χ0) is 9.30. The molecule has 0 bridgehead atoms. The summed E-state index contributed by atoms with van der Waals surface area (Å²) in [6, 6.07) is 0.938. The molecule has 1 aromatic carbocycles. The lowest BCUT2D eigenvalue weighted by atomic mass is 10.2. The number of benzene rings is 1. The lowest BCUT2D eigenvalue weighted by Gasteiger charge is -2.07. The standard InChI is InChI=1S/C7H8F2N2O/c1-12-4-2-3(8)6(10)5(9)7(4)11/h2H,10-11H2,1H3. The summed E-state index contributed by atoms with van der Waals surface area (Å²) in [4.78, 5) is 0. The van der Waals surface area contributed by atoms with Crippen LogP contribution in [-0.2, 0) is 0 Å². The second-order valence-corrected chi connectivity index (χ2v) is 2.20. The summed E-state index contributed by atoms with van der Waals surface area (Å²) >= 11 is 0. The molecule has 0 saturated heterocycles. The van der Waals surface area contributed by atoms with Crippen LogP contribution in [0.15, 0.2) is 6.07 Å². The van der Waals surface area contributed by atoms with Gasteiger partial charge < -0.3 is 16.2 Å². The van der Waals surface area contributed by atoms with E-state index in [0.29, 0.717) is 0 Å². The summed E-state index contributed by atoms with van der Waals surface area (Å²) in [5.74, 6) is -1.91. The third kappa shape index (κ3) is 1.13. The van der Waals surface area contributed by atoms with E-state index >= 15 is 0 Å². The van der Waals surface area contributed by atoms with Crippen molar-refractivity contribution in [1.82, 2.24) is 0 Å². The predicted molar refractivity (Wildman–Crippen MR) is 41.7 cm³/mol. The van der Waals surface area contributed by atoms with Crippen molar-refractivity contribution < 1.29 is 13.5 Å². The van der Waals surface area contributed by atoms with E-state index in [2.05, 4.69) is 4.74 Å². The number of hydrogen-bond donors (Lipinski definition) is 2. The van der Waals surface area contributed by atoms with Crippen LogP contribution in [-0.4, -0.2) is 7.11 Å². The minimum atomic E-state index is -0.980. The van der Waals surface area contributed by atoms with E-state index in [-0.39, 0.29) is 11.4 Å². The molecule has 0 fully saturated rings. The van der Waals surface area contributed by atoms with Crippen molar-refractivity contribution in [1.29, 1.82) is 0 Å². The van der Waals surface area contributed by atoms with Crippen LogP contribution in [0.25, 0.3) is 0 Å². The molecule has 3 nitrogen and oxygen atoms in total. The third-order valence-electron chi connectivity index (χ3n) is 1.47. The predicted octanol–water partition coefficient (Wildman–Crippen LogP) is 1.14. The minimum absolute atomic E-state index is 0.0563. The SMILES string of the molecule is COc1cc(F)c(N)c(F)c1N. The molecule has 0 aliphatic heterocycles. The fourth-order valence-electron chi connectivity index (χ4n) is 0.798. The maximum Gasteiger partial charge on any atom is 0.175 e. The van der Waals surface area contributed by atoms with E-state index < -0.39 is 17.3 Å². The molecule has 0 radical (unpaired) electrons. The van der Waals surface area contributed by atoms with Gasteiger partial charge >= 0.3 is 0 Å². The Morgan fingerprint density at radius 3 is 2.33 bits per heavy atom. The maximum atomic E-state index is 12.9. The second-order valence-electron chi connectivity index (χ2n) is 2.20. The number of hydrogen-bond acceptors (Lipinski definition) is 3. The summed E-state index contributed by atoms with van der Waals surface area (Å²) in [6.07, 6.45) is 0. The van der Waals surface area contributed by atoms with Gasteiger partial charge in [-0.1, -0.05) is 0 Å². The van der Waals surface area contributed by atoms with Crippen molar-refractivity contribution >= 4 is 11.4 Å². The van der Waals surface area contributed by atoms with Crippen molar-refractivity contribution in [2.75, 3.05) is 18.6 Å². The van der Waals surface area contributed by atoms with Crippen LogP contribution in [0.1, 0.15) is 0 Å². The Morgan fingerprint density at radius 2 is 1.83 bits per heavy atom. The van der Waals surface area contributed by atoms with Gasteiger partial charge in [0.15, 0.2) is 11.6 Å². The molecule has 5 heteroatoms. The first-order valence-corrected chi connectivity index (χ1v) is 3.15. The smallest absolute Gasteiger partial charge is 0.175 e. The molecule has 0 aromatic heterocycles. The first-order valence-electron chi connectivity index (χ1n) is 3.15. The van der Waals surface area contributed by atoms with Crippen LogP contribution in [0.4, 0.5) is 20.2 Å². The van der Waals surface area contributed by atoms with Gasteiger partial charge in [0.2, 0.25) is 0 Å². The van der Waals surface area contributed by atoms with E-state index in [1.165, 1.54) is 7.11 Å². The Labute approximate surface area is 67.9 Å². The lowest BCUT2D eigenvalue weighted by Crippen LogP contribution is -2.02.